The van der Waals surface area contributed by atoms with E-state index in [0.717, 1.165) is 5.69 Å². The van der Waals surface area contributed by atoms with E-state index < -0.39 is 11.4 Å². The molecule has 1 amide bonds. The normalized spacial score (nSPS) is 20.3. The molecule has 2 aromatic rings. The number of nitrogens with zero attached hydrogens (tertiary/aromatic N) is 3. The van der Waals surface area contributed by atoms with E-state index >= 15 is 0 Å². The van der Waals surface area contributed by atoms with Gasteiger partial charge in [0.05, 0.1) is 23.3 Å². The van der Waals surface area contributed by atoms with Crippen molar-refractivity contribution < 1.29 is 24.0 Å². The third-order valence-corrected chi connectivity index (χ3v) is 4.97. The van der Waals surface area contributed by atoms with Gasteiger partial charge in [-0.2, -0.15) is 0 Å². The standard InChI is InChI=1S/C18H23N3O5/c1-10(2)13-7-12(14-11(3)20-26-15(14)19-13)16(22)21-6-5-18(8-21,9-25-4)17(23)24/h7,10H,5-6,8-9H2,1-4H3,(H,23,24). The van der Waals surface area contributed by atoms with Gasteiger partial charge in [-0.1, -0.05) is 19.0 Å². The Morgan fingerprint density at radius 2 is 2.19 bits per heavy atom. The molecule has 1 aliphatic heterocycles. The van der Waals surface area contributed by atoms with Crippen LogP contribution in [-0.4, -0.2) is 58.8 Å². The van der Waals surface area contributed by atoms with E-state index in [1.165, 1.54) is 7.11 Å². The van der Waals surface area contributed by atoms with Gasteiger partial charge in [-0.15, -0.1) is 0 Å². The molecular formula is C18H23N3O5. The fourth-order valence-electron chi connectivity index (χ4n) is 3.42. The predicted octanol–water partition coefficient (Wildman–Crippen LogP) is 2.22. The molecule has 26 heavy (non-hydrogen) atoms. The molecule has 1 N–H and O–H groups in total. The van der Waals surface area contributed by atoms with Crippen LogP contribution in [0.5, 0.6) is 0 Å². The summed E-state index contributed by atoms with van der Waals surface area (Å²) in [6.45, 7) is 6.27. The van der Waals surface area contributed by atoms with Crippen LogP contribution in [0.3, 0.4) is 0 Å². The van der Waals surface area contributed by atoms with E-state index in [4.69, 9.17) is 9.26 Å². The van der Waals surface area contributed by atoms with Crippen molar-refractivity contribution in [1.82, 2.24) is 15.0 Å². The fourth-order valence-corrected chi connectivity index (χ4v) is 3.42. The monoisotopic (exact) mass is 361 g/mol. The number of methoxy groups -OCH3 is 1. The van der Waals surface area contributed by atoms with Crippen molar-refractivity contribution in [1.29, 1.82) is 0 Å². The maximum atomic E-state index is 13.2. The quantitative estimate of drug-likeness (QED) is 0.870. The number of rotatable bonds is 5. The zero-order valence-electron chi connectivity index (χ0n) is 15.4. The van der Waals surface area contributed by atoms with Gasteiger partial charge in [0.1, 0.15) is 5.41 Å². The van der Waals surface area contributed by atoms with E-state index in [9.17, 15) is 14.7 Å². The molecule has 8 heteroatoms. The van der Waals surface area contributed by atoms with E-state index in [-0.39, 0.29) is 25.0 Å². The molecule has 0 radical (unpaired) electrons. The van der Waals surface area contributed by atoms with Gasteiger partial charge in [0.15, 0.2) is 0 Å². The number of amides is 1. The second kappa shape index (κ2) is 6.68. The maximum absolute atomic E-state index is 13.2. The van der Waals surface area contributed by atoms with Gasteiger partial charge in [0, 0.05) is 25.9 Å². The van der Waals surface area contributed by atoms with Crippen LogP contribution in [0.4, 0.5) is 0 Å². The Hall–Kier alpha value is -2.48. The van der Waals surface area contributed by atoms with Crippen molar-refractivity contribution in [2.24, 2.45) is 5.41 Å². The number of aromatic nitrogens is 2. The second-order valence-electron chi connectivity index (χ2n) is 7.19. The largest absolute Gasteiger partial charge is 0.481 e. The summed E-state index contributed by atoms with van der Waals surface area (Å²) in [6.07, 6.45) is 0.357. The van der Waals surface area contributed by atoms with Gasteiger partial charge in [-0.3, -0.25) is 9.59 Å². The average molecular weight is 361 g/mol. The van der Waals surface area contributed by atoms with Crippen LogP contribution in [0.2, 0.25) is 0 Å². The van der Waals surface area contributed by atoms with Crippen LogP contribution in [0.25, 0.3) is 11.1 Å². The summed E-state index contributed by atoms with van der Waals surface area (Å²) in [7, 11) is 1.47. The summed E-state index contributed by atoms with van der Waals surface area (Å²) in [6, 6.07) is 1.76. The van der Waals surface area contributed by atoms with Crippen molar-refractivity contribution in [3.8, 4) is 0 Å². The topological polar surface area (TPSA) is 106 Å². The molecule has 1 atom stereocenters. The number of pyridine rings is 1. The number of aliphatic carboxylic acids is 1. The lowest BCUT2D eigenvalue weighted by atomic mass is 9.88. The van der Waals surface area contributed by atoms with Crippen LogP contribution >= 0.6 is 0 Å². The lowest BCUT2D eigenvalue weighted by Crippen LogP contribution is -2.40. The summed E-state index contributed by atoms with van der Waals surface area (Å²) in [5, 5.41) is 14.1. The minimum Gasteiger partial charge on any atom is -0.481 e. The van der Waals surface area contributed by atoms with Gasteiger partial charge in [0.2, 0.25) is 0 Å². The van der Waals surface area contributed by atoms with E-state index in [1.807, 2.05) is 13.8 Å². The second-order valence-corrected chi connectivity index (χ2v) is 7.19. The van der Waals surface area contributed by atoms with Gasteiger partial charge in [-0.25, -0.2) is 4.98 Å². The molecule has 1 saturated heterocycles. The Labute approximate surface area is 151 Å². The Morgan fingerprint density at radius 3 is 2.81 bits per heavy atom. The first-order valence-corrected chi connectivity index (χ1v) is 8.57. The molecule has 1 unspecified atom stereocenters. The summed E-state index contributed by atoms with van der Waals surface area (Å²) < 4.78 is 10.4. The fraction of sp³-hybridized carbons (Fsp3) is 0.556. The van der Waals surface area contributed by atoms with Crippen molar-refractivity contribution in [2.45, 2.75) is 33.1 Å². The van der Waals surface area contributed by atoms with E-state index in [1.54, 1.807) is 17.9 Å². The molecule has 0 spiro atoms. The number of hydrogen-bond acceptors (Lipinski definition) is 6. The Bertz CT molecular complexity index is 860. The van der Waals surface area contributed by atoms with Crippen LogP contribution in [-0.2, 0) is 9.53 Å². The summed E-state index contributed by atoms with van der Waals surface area (Å²) in [5.74, 6) is -1.06. The van der Waals surface area contributed by atoms with Crippen molar-refractivity contribution >= 4 is 23.0 Å². The van der Waals surface area contributed by atoms with Crippen LogP contribution in [0.15, 0.2) is 10.6 Å². The zero-order valence-corrected chi connectivity index (χ0v) is 15.4. The lowest BCUT2D eigenvalue weighted by Gasteiger charge is -2.24. The molecule has 2 aromatic heterocycles. The highest BCUT2D eigenvalue weighted by molar-refractivity contribution is 6.06. The van der Waals surface area contributed by atoms with E-state index in [2.05, 4.69) is 10.1 Å². The number of aryl methyl sites for hydroxylation is 1. The number of carboxylic acids is 1. The van der Waals surface area contributed by atoms with Crippen molar-refractivity contribution in [3.05, 3.63) is 23.0 Å². The van der Waals surface area contributed by atoms with Crippen LogP contribution in [0, 0.1) is 12.3 Å². The first kappa shape index (κ1) is 18.3. The summed E-state index contributed by atoms with van der Waals surface area (Å²) in [5.41, 5.74) is 1.04. The minimum atomic E-state index is -1.07. The van der Waals surface area contributed by atoms with Gasteiger partial charge < -0.3 is 19.3 Å². The molecular weight excluding hydrogens is 338 g/mol. The highest BCUT2D eigenvalue weighted by Gasteiger charge is 2.46. The Kier molecular flexibility index (Phi) is 4.70. The Balaban J connectivity index is 2.00. The number of carbonyl (C=O) groups is 2. The SMILES string of the molecule is COCC1(C(=O)O)CCN(C(=O)c2cc(C(C)C)nc3onc(C)c23)C1. The summed E-state index contributed by atoms with van der Waals surface area (Å²) >= 11 is 0. The third kappa shape index (κ3) is 2.94. The van der Waals surface area contributed by atoms with Gasteiger partial charge >= 0.3 is 5.97 Å². The average Bonchev–Trinajstić information content (AvgIpc) is 3.19. The molecule has 1 fully saturated rings. The number of carbonyl (C=O) groups excluding carboxylic acids is 1. The van der Waals surface area contributed by atoms with Gasteiger partial charge in [0.25, 0.3) is 11.6 Å². The molecule has 3 rings (SSSR count). The number of fused-ring (bicyclic) bond motifs is 1. The lowest BCUT2D eigenvalue weighted by molar-refractivity contribution is -0.151. The first-order valence-electron chi connectivity index (χ1n) is 8.57. The molecule has 0 bridgehead atoms. The third-order valence-electron chi connectivity index (χ3n) is 4.97. The highest BCUT2D eigenvalue weighted by atomic mass is 16.5. The van der Waals surface area contributed by atoms with Crippen LogP contribution < -0.4 is 0 Å². The number of ether oxygens (including phenoxy) is 1. The maximum Gasteiger partial charge on any atom is 0.313 e. The number of hydrogen-bond donors (Lipinski definition) is 1. The zero-order chi connectivity index (χ0) is 19.1. The Morgan fingerprint density at radius 1 is 1.46 bits per heavy atom. The molecule has 0 aliphatic carbocycles. The predicted molar refractivity (Wildman–Crippen MR) is 93.1 cm³/mol. The smallest absolute Gasteiger partial charge is 0.313 e. The number of likely N-dealkylation sites (tertiary alicyclic amines) is 1. The molecule has 3 heterocycles. The first-order chi connectivity index (χ1) is 12.3. The molecule has 0 aromatic carbocycles. The van der Waals surface area contributed by atoms with Crippen LogP contribution in [0.1, 0.15) is 47.9 Å². The molecule has 8 nitrogen and oxygen atoms in total. The highest BCUT2D eigenvalue weighted by Crippen LogP contribution is 2.34. The summed E-state index contributed by atoms with van der Waals surface area (Å²) in [4.78, 5) is 30.9. The van der Waals surface area contributed by atoms with Crippen molar-refractivity contribution in [3.63, 3.8) is 0 Å². The van der Waals surface area contributed by atoms with Crippen molar-refractivity contribution in [2.75, 3.05) is 26.8 Å². The molecule has 0 saturated carbocycles. The molecule has 140 valence electrons. The van der Waals surface area contributed by atoms with Gasteiger partial charge in [-0.05, 0) is 25.3 Å². The van der Waals surface area contributed by atoms with E-state index in [0.29, 0.717) is 35.3 Å². The number of carboxylic acid groups (broad SMARTS) is 1. The molecule has 1 aliphatic rings. The minimum absolute atomic E-state index is 0.0708.